The standard InChI is InChI=1S/C14H19BrN2O2/c1-8(2)13(14(16)18)17-11-5-6-19-12-4-3-9(15)7-10(11)12/h3-4,7-8,11,13,17H,5-6H2,1-2H3,(H2,16,18). The highest BCUT2D eigenvalue weighted by molar-refractivity contribution is 9.10. The van der Waals surface area contributed by atoms with E-state index in [4.69, 9.17) is 10.5 Å². The third kappa shape index (κ3) is 3.28. The molecule has 0 radical (unpaired) electrons. The lowest BCUT2D eigenvalue weighted by molar-refractivity contribution is -0.121. The van der Waals surface area contributed by atoms with Crippen molar-refractivity contribution in [2.45, 2.75) is 32.4 Å². The van der Waals surface area contributed by atoms with Gasteiger partial charge in [-0.3, -0.25) is 10.1 Å². The van der Waals surface area contributed by atoms with Crippen LogP contribution in [-0.2, 0) is 4.79 Å². The predicted molar refractivity (Wildman–Crippen MR) is 78.0 cm³/mol. The fourth-order valence-electron chi connectivity index (χ4n) is 2.36. The Morgan fingerprint density at radius 1 is 1.53 bits per heavy atom. The fourth-order valence-corrected chi connectivity index (χ4v) is 2.74. The molecule has 0 bridgehead atoms. The molecule has 0 saturated heterocycles. The molecule has 4 nitrogen and oxygen atoms in total. The monoisotopic (exact) mass is 326 g/mol. The lowest BCUT2D eigenvalue weighted by Gasteiger charge is -2.31. The zero-order chi connectivity index (χ0) is 14.0. The second-order valence-corrected chi connectivity index (χ2v) is 6.08. The Hall–Kier alpha value is -1.07. The van der Waals surface area contributed by atoms with E-state index in [9.17, 15) is 4.79 Å². The highest BCUT2D eigenvalue weighted by Crippen LogP contribution is 2.34. The second kappa shape index (κ2) is 5.92. The number of halogens is 1. The molecule has 0 spiro atoms. The average molecular weight is 327 g/mol. The molecule has 0 aromatic heterocycles. The molecular weight excluding hydrogens is 308 g/mol. The Bertz CT molecular complexity index is 477. The molecule has 5 heteroatoms. The van der Waals surface area contributed by atoms with Crippen molar-refractivity contribution in [1.82, 2.24) is 5.32 Å². The van der Waals surface area contributed by atoms with E-state index < -0.39 is 0 Å². The van der Waals surface area contributed by atoms with Gasteiger partial charge in [0.25, 0.3) is 0 Å². The lowest BCUT2D eigenvalue weighted by Crippen LogP contribution is -2.47. The van der Waals surface area contributed by atoms with Gasteiger partial charge in [0.1, 0.15) is 5.75 Å². The van der Waals surface area contributed by atoms with E-state index in [1.807, 2.05) is 32.0 Å². The molecule has 1 heterocycles. The third-order valence-corrected chi connectivity index (χ3v) is 3.86. The highest BCUT2D eigenvalue weighted by atomic mass is 79.9. The van der Waals surface area contributed by atoms with Crippen LogP contribution in [-0.4, -0.2) is 18.6 Å². The molecule has 1 amide bonds. The minimum absolute atomic E-state index is 0.0983. The van der Waals surface area contributed by atoms with Crippen molar-refractivity contribution in [3.8, 4) is 5.75 Å². The Labute approximate surface area is 121 Å². The summed E-state index contributed by atoms with van der Waals surface area (Å²) >= 11 is 3.47. The minimum atomic E-state index is -0.324. The molecule has 1 aliphatic heterocycles. The summed E-state index contributed by atoms with van der Waals surface area (Å²) in [5.41, 5.74) is 6.54. The fraction of sp³-hybridized carbons (Fsp3) is 0.500. The first-order valence-electron chi connectivity index (χ1n) is 6.46. The summed E-state index contributed by atoms with van der Waals surface area (Å²) < 4.78 is 6.64. The van der Waals surface area contributed by atoms with Crippen LogP contribution in [0.3, 0.4) is 0 Å². The van der Waals surface area contributed by atoms with Crippen molar-refractivity contribution in [3.05, 3.63) is 28.2 Å². The summed E-state index contributed by atoms with van der Waals surface area (Å²) in [6, 6.07) is 5.71. The Kier molecular flexibility index (Phi) is 4.47. The molecule has 2 rings (SSSR count). The first-order valence-corrected chi connectivity index (χ1v) is 7.26. The number of rotatable bonds is 4. The summed E-state index contributed by atoms with van der Waals surface area (Å²) in [5, 5.41) is 3.36. The van der Waals surface area contributed by atoms with Gasteiger partial charge in [0.15, 0.2) is 0 Å². The SMILES string of the molecule is CC(C)C(NC1CCOc2ccc(Br)cc21)C(N)=O. The number of carbonyl (C=O) groups is 1. The summed E-state index contributed by atoms with van der Waals surface area (Å²) in [6.07, 6.45) is 0.833. The van der Waals surface area contributed by atoms with E-state index in [1.54, 1.807) is 0 Å². The van der Waals surface area contributed by atoms with Crippen molar-refractivity contribution < 1.29 is 9.53 Å². The summed E-state index contributed by atoms with van der Waals surface area (Å²) in [4.78, 5) is 11.5. The zero-order valence-electron chi connectivity index (χ0n) is 11.2. The number of nitrogens with one attached hydrogen (secondary N) is 1. The molecule has 3 N–H and O–H groups in total. The molecule has 2 unspecified atom stereocenters. The molecule has 104 valence electrons. The van der Waals surface area contributed by atoms with Gasteiger partial charge in [-0.25, -0.2) is 0 Å². The van der Waals surface area contributed by atoms with E-state index in [-0.39, 0.29) is 23.9 Å². The van der Waals surface area contributed by atoms with Gasteiger partial charge < -0.3 is 10.5 Å². The second-order valence-electron chi connectivity index (χ2n) is 5.16. The van der Waals surface area contributed by atoms with E-state index in [1.165, 1.54) is 0 Å². The van der Waals surface area contributed by atoms with Gasteiger partial charge in [0.05, 0.1) is 12.6 Å². The van der Waals surface area contributed by atoms with Crippen molar-refractivity contribution >= 4 is 21.8 Å². The van der Waals surface area contributed by atoms with Gasteiger partial charge in [-0.15, -0.1) is 0 Å². The van der Waals surface area contributed by atoms with Gasteiger partial charge in [-0.1, -0.05) is 29.8 Å². The molecular formula is C14H19BrN2O2. The third-order valence-electron chi connectivity index (χ3n) is 3.37. The first kappa shape index (κ1) is 14.3. The highest BCUT2D eigenvalue weighted by Gasteiger charge is 2.27. The van der Waals surface area contributed by atoms with Crippen LogP contribution in [0.25, 0.3) is 0 Å². The van der Waals surface area contributed by atoms with Crippen LogP contribution in [0.15, 0.2) is 22.7 Å². The molecule has 1 aliphatic rings. The Morgan fingerprint density at radius 3 is 2.89 bits per heavy atom. The maximum atomic E-state index is 11.5. The summed E-state index contributed by atoms with van der Waals surface area (Å²) in [5.74, 6) is 0.730. The van der Waals surface area contributed by atoms with Crippen molar-refractivity contribution in [2.24, 2.45) is 11.7 Å². The molecule has 0 aliphatic carbocycles. The minimum Gasteiger partial charge on any atom is -0.493 e. The quantitative estimate of drug-likeness (QED) is 0.892. The molecule has 1 aromatic rings. The van der Waals surface area contributed by atoms with Crippen LogP contribution < -0.4 is 15.8 Å². The normalized spacial score (nSPS) is 19.7. The number of hydrogen-bond acceptors (Lipinski definition) is 3. The number of hydrogen-bond donors (Lipinski definition) is 2. The maximum Gasteiger partial charge on any atom is 0.234 e. The van der Waals surface area contributed by atoms with Gasteiger partial charge in [0, 0.05) is 22.5 Å². The Balaban J connectivity index is 2.23. The van der Waals surface area contributed by atoms with E-state index >= 15 is 0 Å². The number of nitrogens with two attached hydrogens (primary N) is 1. The van der Waals surface area contributed by atoms with E-state index in [0.717, 1.165) is 22.2 Å². The number of primary amides is 1. The Morgan fingerprint density at radius 2 is 2.26 bits per heavy atom. The van der Waals surface area contributed by atoms with Crippen LogP contribution in [0.2, 0.25) is 0 Å². The molecule has 2 atom stereocenters. The van der Waals surface area contributed by atoms with Crippen molar-refractivity contribution in [1.29, 1.82) is 0 Å². The van der Waals surface area contributed by atoms with Gasteiger partial charge in [-0.2, -0.15) is 0 Å². The van der Waals surface area contributed by atoms with Crippen LogP contribution in [0.1, 0.15) is 31.9 Å². The number of carbonyl (C=O) groups excluding carboxylic acids is 1. The van der Waals surface area contributed by atoms with Crippen LogP contribution in [0.5, 0.6) is 5.75 Å². The predicted octanol–water partition coefficient (Wildman–Crippen LogP) is 2.37. The number of amides is 1. The van der Waals surface area contributed by atoms with Gasteiger partial charge in [0.2, 0.25) is 5.91 Å². The maximum absolute atomic E-state index is 11.5. The lowest BCUT2D eigenvalue weighted by atomic mass is 9.96. The molecule has 19 heavy (non-hydrogen) atoms. The molecule has 1 aromatic carbocycles. The smallest absolute Gasteiger partial charge is 0.234 e. The van der Waals surface area contributed by atoms with Crippen LogP contribution in [0.4, 0.5) is 0 Å². The number of ether oxygens (including phenoxy) is 1. The number of fused-ring (bicyclic) bond motifs is 1. The van der Waals surface area contributed by atoms with E-state index in [2.05, 4.69) is 21.2 Å². The molecule has 0 fully saturated rings. The van der Waals surface area contributed by atoms with Gasteiger partial charge >= 0.3 is 0 Å². The summed E-state index contributed by atoms with van der Waals surface area (Å²) in [7, 11) is 0. The van der Waals surface area contributed by atoms with Gasteiger partial charge in [-0.05, 0) is 24.1 Å². The zero-order valence-corrected chi connectivity index (χ0v) is 12.7. The van der Waals surface area contributed by atoms with Crippen molar-refractivity contribution in [2.75, 3.05) is 6.61 Å². The topological polar surface area (TPSA) is 64.3 Å². The van der Waals surface area contributed by atoms with E-state index in [0.29, 0.717) is 6.61 Å². The van der Waals surface area contributed by atoms with Crippen molar-refractivity contribution in [3.63, 3.8) is 0 Å². The summed E-state index contributed by atoms with van der Waals surface area (Å²) in [6.45, 7) is 4.63. The average Bonchev–Trinajstić information content (AvgIpc) is 2.35. The van der Waals surface area contributed by atoms with Crippen LogP contribution in [0, 0.1) is 5.92 Å². The first-order chi connectivity index (χ1) is 8.99. The number of benzene rings is 1. The largest absolute Gasteiger partial charge is 0.493 e. The molecule has 0 saturated carbocycles. The van der Waals surface area contributed by atoms with Crippen LogP contribution >= 0.6 is 15.9 Å².